The lowest BCUT2D eigenvalue weighted by Gasteiger charge is -2.39. The summed E-state index contributed by atoms with van der Waals surface area (Å²) in [6, 6.07) is 7.77. The summed E-state index contributed by atoms with van der Waals surface area (Å²) >= 11 is 0. The number of aromatic nitrogens is 3. The number of benzene rings is 1. The molecule has 2 heterocycles. The van der Waals surface area contributed by atoms with Gasteiger partial charge in [-0.05, 0) is 37.5 Å². The van der Waals surface area contributed by atoms with Crippen molar-refractivity contribution < 1.29 is 14.6 Å². The van der Waals surface area contributed by atoms with E-state index in [0.29, 0.717) is 39.0 Å². The molecule has 0 radical (unpaired) electrons. The molecule has 1 amide bonds. The van der Waals surface area contributed by atoms with Gasteiger partial charge in [0, 0.05) is 26.6 Å². The minimum absolute atomic E-state index is 0.00810. The molecule has 1 aliphatic rings. The highest BCUT2D eigenvalue weighted by molar-refractivity contribution is 5.76. The van der Waals surface area contributed by atoms with Gasteiger partial charge in [-0.1, -0.05) is 12.1 Å². The number of aliphatic hydroxyl groups is 1. The molecule has 1 aliphatic heterocycles. The SMILES string of the molecule is Cc1cccc(OCCC(=O)N2CCCC(O)(Cc3nncn3C)C2)c1. The predicted octanol–water partition coefficient (Wildman–Crippen LogP) is 1.49. The zero-order valence-corrected chi connectivity index (χ0v) is 15.4. The van der Waals surface area contributed by atoms with Gasteiger partial charge in [-0.3, -0.25) is 4.79 Å². The Morgan fingerprint density at radius 2 is 2.27 bits per heavy atom. The Kier molecular flexibility index (Phi) is 5.56. The van der Waals surface area contributed by atoms with Crippen LogP contribution in [0.15, 0.2) is 30.6 Å². The lowest BCUT2D eigenvalue weighted by molar-refractivity contribution is -0.138. The number of hydrogen-bond donors (Lipinski definition) is 1. The molecule has 7 heteroatoms. The van der Waals surface area contributed by atoms with E-state index in [1.165, 1.54) is 0 Å². The fourth-order valence-electron chi connectivity index (χ4n) is 3.35. The molecule has 140 valence electrons. The molecule has 1 unspecified atom stereocenters. The van der Waals surface area contributed by atoms with Crippen LogP contribution in [0.5, 0.6) is 5.75 Å². The second kappa shape index (κ2) is 7.86. The standard InChI is InChI=1S/C19H26N4O3/c1-15-5-3-6-16(11-15)26-10-7-18(24)23-9-4-8-19(25,13-23)12-17-21-20-14-22(17)2/h3,5-6,11,14,25H,4,7-10,12-13H2,1-2H3. The van der Waals surface area contributed by atoms with Crippen molar-refractivity contribution in [3.8, 4) is 5.75 Å². The third-order valence-corrected chi connectivity index (χ3v) is 4.77. The largest absolute Gasteiger partial charge is 0.493 e. The van der Waals surface area contributed by atoms with Crippen LogP contribution >= 0.6 is 0 Å². The first-order chi connectivity index (χ1) is 12.5. The Bertz CT molecular complexity index is 761. The van der Waals surface area contributed by atoms with E-state index >= 15 is 0 Å². The molecule has 7 nitrogen and oxygen atoms in total. The molecule has 1 fully saturated rings. The fraction of sp³-hybridized carbons (Fsp3) is 0.526. The number of nitrogens with zero attached hydrogens (tertiary/aromatic N) is 4. The molecule has 1 atom stereocenters. The molecule has 0 bridgehead atoms. The zero-order valence-electron chi connectivity index (χ0n) is 15.4. The van der Waals surface area contributed by atoms with Gasteiger partial charge in [-0.25, -0.2) is 0 Å². The van der Waals surface area contributed by atoms with Crippen molar-refractivity contribution in [3.63, 3.8) is 0 Å². The Morgan fingerprint density at radius 3 is 3.00 bits per heavy atom. The Labute approximate surface area is 153 Å². The summed E-state index contributed by atoms with van der Waals surface area (Å²) in [7, 11) is 1.85. The Balaban J connectivity index is 1.51. The van der Waals surface area contributed by atoms with Gasteiger partial charge in [0.1, 0.15) is 17.9 Å². The number of hydrogen-bond acceptors (Lipinski definition) is 5. The number of piperidine rings is 1. The third kappa shape index (κ3) is 4.60. The number of amides is 1. The molecule has 1 saturated heterocycles. The normalized spacial score (nSPS) is 20.2. The first kappa shape index (κ1) is 18.4. The molecule has 1 aromatic heterocycles. The summed E-state index contributed by atoms with van der Waals surface area (Å²) in [5.74, 6) is 1.51. The number of likely N-dealkylation sites (tertiary alicyclic amines) is 1. The summed E-state index contributed by atoms with van der Waals surface area (Å²) in [5, 5.41) is 18.8. The van der Waals surface area contributed by atoms with Gasteiger partial charge in [0.2, 0.25) is 5.91 Å². The maximum atomic E-state index is 12.5. The minimum atomic E-state index is -0.952. The molecule has 0 aliphatic carbocycles. The van der Waals surface area contributed by atoms with Gasteiger partial charge in [0.05, 0.1) is 18.6 Å². The predicted molar refractivity (Wildman–Crippen MR) is 96.8 cm³/mol. The number of ether oxygens (including phenoxy) is 1. The van der Waals surface area contributed by atoms with Crippen LogP contribution in [0.1, 0.15) is 30.7 Å². The van der Waals surface area contributed by atoms with Crippen molar-refractivity contribution in [2.24, 2.45) is 7.05 Å². The topological polar surface area (TPSA) is 80.5 Å². The average molecular weight is 358 g/mol. The first-order valence-corrected chi connectivity index (χ1v) is 8.98. The first-order valence-electron chi connectivity index (χ1n) is 8.98. The van der Waals surface area contributed by atoms with Crippen LogP contribution in [0.25, 0.3) is 0 Å². The van der Waals surface area contributed by atoms with E-state index in [1.807, 2.05) is 38.2 Å². The second-order valence-corrected chi connectivity index (χ2v) is 7.09. The monoisotopic (exact) mass is 358 g/mol. The van der Waals surface area contributed by atoms with Crippen LogP contribution in [-0.2, 0) is 18.3 Å². The van der Waals surface area contributed by atoms with Gasteiger partial charge in [-0.15, -0.1) is 10.2 Å². The summed E-state index contributed by atoms with van der Waals surface area (Å²) in [4.78, 5) is 14.2. The van der Waals surface area contributed by atoms with Gasteiger partial charge in [0.25, 0.3) is 0 Å². The van der Waals surface area contributed by atoms with Crippen molar-refractivity contribution in [1.29, 1.82) is 0 Å². The van der Waals surface area contributed by atoms with Crippen LogP contribution in [0.3, 0.4) is 0 Å². The van der Waals surface area contributed by atoms with Crippen LogP contribution < -0.4 is 4.74 Å². The summed E-state index contributed by atoms with van der Waals surface area (Å²) in [6.45, 7) is 3.33. The molecule has 3 rings (SSSR count). The van der Waals surface area contributed by atoms with E-state index in [1.54, 1.807) is 15.8 Å². The third-order valence-electron chi connectivity index (χ3n) is 4.77. The number of β-amino-alcohol motifs (C(OH)–C–C–N with tert-alkyl or cyclic N) is 1. The Morgan fingerprint density at radius 1 is 1.42 bits per heavy atom. The van der Waals surface area contributed by atoms with Crippen molar-refractivity contribution in [3.05, 3.63) is 42.0 Å². The average Bonchev–Trinajstić information content (AvgIpc) is 2.99. The second-order valence-electron chi connectivity index (χ2n) is 7.09. The molecule has 1 aromatic carbocycles. The highest BCUT2D eigenvalue weighted by atomic mass is 16.5. The van der Waals surface area contributed by atoms with E-state index < -0.39 is 5.60 Å². The maximum Gasteiger partial charge on any atom is 0.226 e. The molecule has 0 spiro atoms. The van der Waals surface area contributed by atoms with Crippen LogP contribution in [-0.4, -0.2) is 56.0 Å². The van der Waals surface area contributed by atoms with E-state index in [9.17, 15) is 9.90 Å². The maximum absolute atomic E-state index is 12.5. The van der Waals surface area contributed by atoms with Crippen molar-refractivity contribution >= 4 is 5.91 Å². The van der Waals surface area contributed by atoms with E-state index in [4.69, 9.17) is 4.74 Å². The summed E-state index contributed by atoms with van der Waals surface area (Å²) in [6.07, 6.45) is 3.75. The van der Waals surface area contributed by atoms with Crippen LogP contribution in [0, 0.1) is 6.92 Å². The van der Waals surface area contributed by atoms with E-state index in [-0.39, 0.29) is 5.91 Å². The number of carbonyl (C=O) groups is 1. The summed E-state index contributed by atoms with van der Waals surface area (Å²) in [5.41, 5.74) is 0.172. The summed E-state index contributed by atoms with van der Waals surface area (Å²) < 4.78 is 7.47. The van der Waals surface area contributed by atoms with Gasteiger partial charge in [-0.2, -0.15) is 0 Å². The fourth-order valence-corrected chi connectivity index (χ4v) is 3.35. The van der Waals surface area contributed by atoms with Crippen LogP contribution in [0.4, 0.5) is 0 Å². The number of aryl methyl sites for hydroxylation is 2. The lowest BCUT2D eigenvalue weighted by atomic mass is 9.89. The van der Waals surface area contributed by atoms with E-state index in [2.05, 4.69) is 10.2 Å². The van der Waals surface area contributed by atoms with E-state index in [0.717, 1.165) is 23.6 Å². The molecule has 1 N–H and O–H groups in total. The quantitative estimate of drug-likeness (QED) is 0.846. The van der Waals surface area contributed by atoms with Crippen molar-refractivity contribution in [2.75, 3.05) is 19.7 Å². The van der Waals surface area contributed by atoms with Crippen molar-refractivity contribution in [2.45, 2.75) is 38.2 Å². The lowest BCUT2D eigenvalue weighted by Crippen LogP contribution is -2.52. The zero-order chi connectivity index (χ0) is 18.6. The smallest absolute Gasteiger partial charge is 0.226 e. The highest BCUT2D eigenvalue weighted by Gasteiger charge is 2.36. The number of carbonyl (C=O) groups excluding carboxylic acids is 1. The van der Waals surface area contributed by atoms with Gasteiger partial charge < -0.3 is 19.3 Å². The Hall–Kier alpha value is -2.41. The molecule has 2 aromatic rings. The van der Waals surface area contributed by atoms with Crippen LogP contribution in [0.2, 0.25) is 0 Å². The minimum Gasteiger partial charge on any atom is -0.493 e. The highest BCUT2D eigenvalue weighted by Crippen LogP contribution is 2.25. The molecule has 0 saturated carbocycles. The number of rotatable bonds is 6. The molecular formula is C19H26N4O3. The van der Waals surface area contributed by atoms with Gasteiger partial charge in [0.15, 0.2) is 0 Å². The molecule has 26 heavy (non-hydrogen) atoms. The molecular weight excluding hydrogens is 332 g/mol. The van der Waals surface area contributed by atoms with Crippen molar-refractivity contribution in [1.82, 2.24) is 19.7 Å². The van der Waals surface area contributed by atoms with Gasteiger partial charge >= 0.3 is 0 Å².